The van der Waals surface area contributed by atoms with E-state index in [9.17, 15) is 14.4 Å². The highest BCUT2D eigenvalue weighted by atomic mass is 16.5. The molecule has 32 heavy (non-hydrogen) atoms. The number of nitrogens with zero attached hydrogens (tertiary/aromatic N) is 1. The van der Waals surface area contributed by atoms with E-state index in [0.717, 1.165) is 22.1 Å². The Morgan fingerprint density at radius 3 is 2.72 bits per heavy atom. The number of aliphatic carboxylic acids is 1. The van der Waals surface area contributed by atoms with Crippen LogP contribution in [0.2, 0.25) is 0 Å². The fraction of sp³-hybridized carbons (Fsp3) is 0.292. The Balaban J connectivity index is 1.58. The van der Waals surface area contributed by atoms with Crippen LogP contribution in [0.1, 0.15) is 12.5 Å². The number of morpholine rings is 1. The Morgan fingerprint density at radius 1 is 1.19 bits per heavy atom. The number of H-pyrrole nitrogens is 1. The molecule has 1 aliphatic heterocycles. The second kappa shape index (κ2) is 8.84. The molecule has 1 aliphatic rings. The van der Waals surface area contributed by atoms with Gasteiger partial charge in [0, 0.05) is 18.3 Å². The fourth-order valence-corrected chi connectivity index (χ4v) is 3.92. The zero-order valence-electron chi connectivity index (χ0n) is 17.8. The average molecular weight is 436 g/mol. The summed E-state index contributed by atoms with van der Waals surface area (Å²) in [6.45, 7) is 4.04. The van der Waals surface area contributed by atoms with Crippen LogP contribution in [0.5, 0.6) is 5.75 Å². The Labute approximate surface area is 184 Å². The maximum absolute atomic E-state index is 12.8. The van der Waals surface area contributed by atoms with Crippen molar-refractivity contribution in [3.8, 4) is 16.9 Å². The minimum atomic E-state index is -1.10. The first kappa shape index (κ1) is 21.6. The number of rotatable bonds is 5. The second-order valence-electron chi connectivity index (χ2n) is 7.80. The molecule has 4 rings (SSSR count). The molecule has 0 aliphatic carbocycles. The van der Waals surface area contributed by atoms with Crippen LogP contribution in [0.15, 0.2) is 53.5 Å². The van der Waals surface area contributed by atoms with Crippen molar-refractivity contribution >= 4 is 22.6 Å². The lowest BCUT2D eigenvalue weighted by atomic mass is 9.97. The van der Waals surface area contributed by atoms with Crippen LogP contribution in [0.4, 0.5) is 0 Å². The molecular weight excluding hydrogens is 412 g/mol. The molecule has 1 aromatic heterocycles. The van der Waals surface area contributed by atoms with Gasteiger partial charge in [0.15, 0.2) is 12.2 Å². The normalized spacial score (nSPS) is 17.2. The van der Waals surface area contributed by atoms with Gasteiger partial charge in [0.2, 0.25) is 0 Å². The predicted octanol–water partition coefficient (Wildman–Crippen LogP) is 2.58. The van der Waals surface area contributed by atoms with Gasteiger partial charge in [-0.1, -0.05) is 24.3 Å². The minimum absolute atomic E-state index is 0.0287. The van der Waals surface area contributed by atoms with Gasteiger partial charge < -0.3 is 24.5 Å². The van der Waals surface area contributed by atoms with Crippen molar-refractivity contribution in [2.75, 3.05) is 19.7 Å². The summed E-state index contributed by atoms with van der Waals surface area (Å²) in [5, 5.41) is 10.4. The van der Waals surface area contributed by atoms with Crippen LogP contribution in [0.3, 0.4) is 0 Å². The monoisotopic (exact) mass is 436 g/mol. The molecule has 8 heteroatoms. The summed E-state index contributed by atoms with van der Waals surface area (Å²) in [7, 11) is 0. The zero-order chi connectivity index (χ0) is 22.8. The van der Waals surface area contributed by atoms with Gasteiger partial charge in [0.25, 0.3) is 11.5 Å². The number of benzene rings is 2. The summed E-state index contributed by atoms with van der Waals surface area (Å²) < 4.78 is 11.0. The molecule has 0 bridgehead atoms. The number of carboxylic acid groups (broad SMARTS) is 1. The third kappa shape index (κ3) is 4.22. The van der Waals surface area contributed by atoms with Crippen LogP contribution in [0, 0.1) is 6.92 Å². The van der Waals surface area contributed by atoms with E-state index in [1.165, 1.54) is 4.90 Å². The molecule has 166 valence electrons. The van der Waals surface area contributed by atoms with Gasteiger partial charge in [-0.2, -0.15) is 0 Å². The number of fused-ring (bicyclic) bond motifs is 1. The quantitative estimate of drug-likeness (QED) is 0.636. The van der Waals surface area contributed by atoms with Crippen LogP contribution in [-0.2, 0) is 14.3 Å². The van der Waals surface area contributed by atoms with E-state index in [4.69, 9.17) is 14.6 Å². The number of aromatic nitrogens is 1. The van der Waals surface area contributed by atoms with Gasteiger partial charge in [0.1, 0.15) is 5.75 Å². The predicted molar refractivity (Wildman–Crippen MR) is 119 cm³/mol. The second-order valence-corrected chi connectivity index (χ2v) is 7.80. The summed E-state index contributed by atoms with van der Waals surface area (Å²) in [5.74, 6) is -1.05. The topological polar surface area (TPSA) is 109 Å². The number of amides is 1. The van der Waals surface area contributed by atoms with Gasteiger partial charge in [-0.05, 0) is 48.6 Å². The number of pyridine rings is 1. The maximum Gasteiger partial charge on any atom is 0.334 e. The summed E-state index contributed by atoms with van der Waals surface area (Å²) >= 11 is 0. The van der Waals surface area contributed by atoms with E-state index in [2.05, 4.69) is 4.98 Å². The molecule has 2 aromatic carbocycles. The van der Waals surface area contributed by atoms with Crippen molar-refractivity contribution in [1.82, 2.24) is 9.88 Å². The molecule has 0 saturated carbocycles. The zero-order valence-corrected chi connectivity index (χ0v) is 17.8. The van der Waals surface area contributed by atoms with Crippen molar-refractivity contribution in [1.29, 1.82) is 0 Å². The molecule has 1 unspecified atom stereocenters. The molecule has 1 saturated heterocycles. The van der Waals surface area contributed by atoms with E-state index in [-0.39, 0.29) is 24.6 Å². The Hall–Kier alpha value is -3.65. The number of hydrogen-bond donors (Lipinski definition) is 2. The molecule has 0 spiro atoms. The summed E-state index contributed by atoms with van der Waals surface area (Å²) in [4.78, 5) is 40.6. The summed E-state index contributed by atoms with van der Waals surface area (Å²) in [5.41, 5.74) is 2.76. The lowest BCUT2D eigenvalue weighted by Crippen LogP contribution is -2.51. The smallest absolute Gasteiger partial charge is 0.334 e. The summed E-state index contributed by atoms with van der Waals surface area (Å²) in [6, 6.07) is 13.1. The lowest BCUT2D eigenvalue weighted by molar-refractivity contribution is -0.161. The molecule has 2 heterocycles. The molecule has 3 aromatic rings. The summed E-state index contributed by atoms with van der Waals surface area (Å²) in [6.07, 6.45) is -0.186. The Morgan fingerprint density at radius 2 is 1.97 bits per heavy atom. The first-order valence-corrected chi connectivity index (χ1v) is 10.4. The maximum atomic E-state index is 12.8. The van der Waals surface area contributed by atoms with Crippen LogP contribution in [-0.4, -0.2) is 58.8 Å². The first-order chi connectivity index (χ1) is 15.3. The highest BCUT2D eigenvalue weighted by Crippen LogP contribution is 2.30. The standard InChI is InChI=1S/C24H24N2O6/c1-14-5-3-4-6-17(14)20-12-25-22(27)19-11-16(7-8-18(19)20)32-15(2)23(28)26-9-10-31-21(13-26)24(29)30/h3-8,11-12,15,21H,9-10,13H2,1-2H3,(H,25,27)(H,29,30)/t15?,21-/m0/s1. The Kier molecular flexibility index (Phi) is 5.96. The number of carbonyl (C=O) groups is 2. The van der Waals surface area contributed by atoms with Crippen molar-refractivity contribution in [3.63, 3.8) is 0 Å². The van der Waals surface area contributed by atoms with E-state index in [1.807, 2.05) is 37.3 Å². The van der Waals surface area contributed by atoms with Gasteiger partial charge in [0.05, 0.1) is 18.5 Å². The number of aryl methyl sites for hydroxylation is 1. The van der Waals surface area contributed by atoms with Crippen molar-refractivity contribution < 1.29 is 24.2 Å². The Bertz CT molecular complexity index is 1230. The third-order valence-electron chi connectivity index (χ3n) is 5.62. The first-order valence-electron chi connectivity index (χ1n) is 10.4. The average Bonchev–Trinajstić information content (AvgIpc) is 2.80. The lowest BCUT2D eigenvalue weighted by Gasteiger charge is -2.32. The van der Waals surface area contributed by atoms with Crippen LogP contribution in [0.25, 0.3) is 21.9 Å². The van der Waals surface area contributed by atoms with Crippen molar-refractivity contribution in [2.45, 2.75) is 26.1 Å². The van der Waals surface area contributed by atoms with Crippen molar-refractivity contribution in [3.05, 3.63) is 64.6 Å². The molecule has 1 fully saturated rings. The van der Waals surface area contributed by atoms with Crippen LogP contribution >= 0.6 is 0 Å². The van der Waals surface area contributed by atoms with Crippen molar-refractivity contribution in [2.24, 2.45) is 0 Å². The highest BCUT2D eigenvalue weighted by Gasteiger charge is 2.31. The largest absolute Gasteiger partial charge is 0.481 e. The van der Waals surface area contributed by atoms with E-state index in [0.29, 0.717) is 17.7 Å². The molecule has 8 nitrogen and oxygen atoms in total. The number of ether oxygens (including phenoxy) is 2. The number of nitrogens with one attached hydrogen (secondary N) is 1. The fourth-order valence-electron chi connectivity index (χ4n) is 3.92. The van der Waals surface area contributed by atoms with Crippen LogP contribution < -0.4 is 10.3 Å². The molecular formula is C24H24N2O6. The number of hydrogen-bond acceptors (Lipinski definition) is 5. The number of carbonyl (C=O) groups excluding carboxylic acids is 1. The van der Waals surface area contributed by atoms with Gasteiger partial charge in [-0.25, -0.2) is 4.79 Å². The minimum Gasteiger partial charge on any atom is -0.481 e. The van der Waals surface area contributed by atoms with Gasteiger partial charge in [-0.3, -0.25) is 9.59 Å². The molecule has 0 radical (unpaired) electrons. The van der Waals surface area contributed by atoms with E-state index in [1.54, 1.807) is 25.3 Å². The highest BCUT2D eigenvalue weighted by molar-refractivity contribution is 5.97. The molecule has 1 amide bonds. The SMILES string of the molecule is Cc1ccccc1-c1c[nH]c(=O)c2cc(OC(C)C(=O)N3CCO[C@H](C(=O)O)C3)ccc12. The molecule has 2 N–H and O–H groups in total. The number of aromatic amines is 1. The van der Waals surface area contributed by atoms with E-state index >= 15 is 0 Å². The van der Waals surface area contributed by atoms with Gasteiger partial charge in [-0.15, -0.1) is 0 Å². The van der Waals surface area contributed by atoms with Gasteiger partial charge >= 0.3 is 5.97 Å². The third-order valence-corrected chi connectivity index (χ3v) is 5.62. The molecule has 2 atom stereocenters. The van der Waals surface area contributed by atoms with E-state index < -0.39 is 18.2 Å². The number of carboxylic acids is 1.